The quantitative estimate of drug-likeness (QED) is 0.679. The molecule has 2 aromatic heterocycles. The second kappa shape index (κ2) is 5.47. The summed E-state index contributed by atoms with van der Waals surface area (Å²) in [5.74, 6) is 0.296. The molecule has 0 aliphatic rings. The lowest BCUT2D eigenvalue weighted by molar-refractivity contribution is -0.110. The molecular weight excluding hydrogens is 250 g/mol. The van der Waals surface area contributed by atoms with Crippen LogP contribution >= 0.6 is 0 Å². The molecule has 0 fully saturated rings. The van der Waals surface area contributed by atoms with Crippen molar-refractivity contribution < 1.29 is 14.9 Å². The van der Waals surface area contributed by atoms with Crippen LogP contribution in [0, 0.1) is 0 Å². The summed E-state index contributed by atoms with van der Waals surface area (Å²) in [6.45, 7) is 3.05. The van der Waals surface area contributed by atoms with Gasteiger partial charge < -0.3 is 20.7 Å². The first kappa shape index (κ1) is 13.7. The number of ether oxygens (including phenoxy) is 1. The van der Waals surface area contributed by atoms with E-state index in [2.05, 4.69) is 15.0 Å². The van der Waals surface area contributed by atoms with Crippen LogP contribution in [0.4, 0.5) is 5.82 Å². The highest BCUT2D eigenvalue weighted by Crippen LogP contribution is 2.20. The van der Waals surface area contributed by atoms with Gasteiger partial charge in [-0.05, 0) is 13.8 Å². The van der Waals surface area contributed by atoms with Gasteiger partial charge in [-0.3, -0.25) is 4.57 Å². The van der Waals surface area contributed by atoms with Crippen molar-refractivity contribution in [3.05, 3.63) is 12.7 Å². The molecular formula is C11H17N5O3. The van der Waals surface area contributed by atoms with E-state index < -0.39 is 18.4 Å². The molecule has 2 heterocycles. The van der Waals surface area contributed by atoms with Crippen LogP contribution in [-0.2, 0) is 4.74 Å². The summed E-state index contributed by atoms with van der Waals surface area (Å²) in [7, 11) is 0. The average Bonchev–Trinajstić information content (AvgIpc) is 2.80. The number of nitrogen functional groups attached to an aromatic ring is 1. The number of fused-ring (bicyclic) bond motifs is 1. The van der Waals surface area contributed by atoms with Gasteiger partial charge in [-0.1, -0.05) is 0 Å². The van der Waals surface area contributed by atoms with Gasteiger partial charge in [0, 0.05) is 0 Å². The van der Waals surface area contributed by atoms with E-state index >= 15 is 0 Å². The molecule has 8 heteroatoms. The number of hydrogen-bond donors (Lipinski definition) is 3. The van der Waals surface area contributed by atoms with Gasteiger partial charge in [-0.15, -0.1) is 0 Å². The normalized spacial score (nSPS) is 16.4. The van der Waals surface area contributed by atoms with Gasteiger partial charge in [-0.2, -0.15) is 0 Å². The van der Waals surface area contributed by atoms with Crippen LogP contribution in [0.15, 0.2) is 12.7 Å². The van der Waals surface area contributed by atoms with Crippen LogP contribution in [0.1, 0.15) is 20.1 Å². The largest absolute Gasteiger partial charge is 0.394 e. The molecule has 0 saturated carbocycles. The molecule has 8 nitrogen and oxygen atoms in total. The third-order valence-corrected chi connectivity index (χ3v) is 2.87. The van der Waals surface area contributed by atoms with Crippen molar-refractivity contribution in [1.82, 2.24) is 19.5 Å². The number of nitrogens with zero attached hydrogens (tertiary/aromatic N) is 4. The number of aromatic nitrogens is 4. The first-order valence-corrected chi connectivity index (χ1v) is 5.92. The maximum absolute atomic E-state index is 9.46. The number of aliphatic hydroxyl groups is 2. The van der Waals surface area contributed by atoms with E-state index in [1.165, 1.54) is 12.7 Å². The molecule has 2 unspecified atom stereocenters. The van der Waals surface area contributed by atoms with Crippen LogP contribution < -0.4 is 5.73 Å². The summed E-state index contributed by atoms with van der Waals surface area (Å²) in [6.07, 6.45) is 0.983. The minimum atomic E-state index is -0.776. The Morgan fingerprint density at radius 3 is 2.74 bits per heavy atom. The highest BCUT2D eigenvalue weighted by Gasteiger charge is 2.20. The van der Waals surface area contributed by atoms with Crippen molar-refractivity contribution >= 4 is 17.0 Å². The lowest BCUT2D eigenvalue weighted by Gasteiger charge is -2.23. The molecule has 0 spiro atoms. The molecule has 0 bridgehead atoms. The number of anilines is 1. The van der Waals surface area contributed by atoms with Crippen molar-refractivity contribution in [3.8, 4) is 0 Å². The average molecular weight is 267 g/mol. The minimum absolute atomic E-state index is 0.272. The first-order chi connectivity index (χ1) is 9.04. The van der Waals surface area contributed by atoms with Crippen molar-refractivity contribution in [3.63, 3.8) is 0 Å². The maximum Gasteiger partial charge on any atom is 0.167 e. The molecule has 0 radical (unpaired) electrons. The van der Waals surface area contributed by atoms with Crippen LogP contribution in [-0.4, -0.2) is 48.5 Å². The van der Waals surface area contributed by atoms with Gasteiger partial charge in [0.1, 0.15) is 24.2 Å². The van der Waals surface area contributed by atoms with Crippen molar-refractivity contribution in [2.75, 3.05) is 12.3 Å². The number of aliphatic hydroxyl groups excluding tert-OH is 2. The van der Waals surface area contributed by atoms with Crippen molar-refractivity contribution in [2.24, 2.45) is 0 Å². The highest BCUT2D eigenvalue weighted by atomic mass is 16.5. The van der Waals surface area contributed by atoms with Crippen molar-refractivity contribution in [1.29, 1.82) is 0 Å². The summed E-state index contributed by atoms with van der Waals surface area (Å²) < 4.78 is 7.24. The first-order valence-electron chi connectivity index (χ1n) is 5.92. The Morgan fingerprint density at radius 1 is 1.37 bits per heavy atom. The molecule has 19 heavy (non-hydrogen) atoms. The predicted octanol–water partition coefficient (Wildman–Crippen LogP) is -0.315. The molecule has 4 N–H and O–H groups in total. The topological polar surface area (TPSA) is 119 Å². The number of rotatable bonds is 5. The lowest BCUT2D eigenvalue weighted by atomic mass is 10.2. The fraction of sp³-hybridized carbons (Fsp3) is 0.545. The molecule has 0 saturated heterocycles. The summed E-state index contributed by atoms with van der Waals surface area (Å²) in [6, 6.07) is 0. The highest BCUT2D eigenvalue weighted by molar-refractivity contribution is 5.81. The Labute approximate surface area is 109 Å². The zero-order valence-corrected chi connectivity index (χ0v) is 10.8. The van der Waals surface area contributed by atoms with Gasteiger partial charge >= 0.3 is 0 Å². The van der Waals surface area contributed by atoms with Gasteiger partial charge in [-0.25, -0.2) is 15.0 Å². The summed E-state index contributed by atoms with van der Waals surface area (Å²) in [4.78, 5) is 12.1. The Kier molecular flexibility index (Phi) is 3.93. The Morgan fingerprint density at radius 2 is 2.11 bits per heavy atom. The molecule has 2 rings (SSSR count). The van der Waals surface area contributed by atoms with Crippen LogP contribution in [0.2, 0.25) is 0 Å². The van der Waals surface area contributed by atoms with E-state index in [4.69, 9.17) is 15.6 Å². The second-order valence-electron chi connectivity index (χ2n) is 4.28. The lowest BCUT2D eigenvalue weighted by Crippen LogP contribution is -2.32. The van der Waals surface area contributed by atoms with Gasteiger partial charge in [0.25, 0.3) is 0 Å². The molecule has 0 amide bonds. The van der Waals surface area contributed by atoms with Crippen LogP contribution in [0.5, 0.6) is 0 Å². The zero-order valence-electron chi connectivity index (χ0n) is 10.8. The van der Waals surface area contributed by atoms with E-state index in [-0.39, 0.29) is 6.61 Å². The third-order valence-electron chi connectivity index (χ3n) is 2.87. The summed E-state index contributed by atoms with van der Waals surface area (Å²) in [5, 5.41) is 18.6. The van der Waals surface area contributed by atoms with Crippen LogP contribution in [0.25, 0.3) is 11.2 Å². The number of nitrogens with two attached hydrogens (primary N) is 1. The smallest absolute Gasteiger partial charge is 0.167 e. The zero-order chi connectivity index (χ0) is 14.0. The summed E-state index contributed by atoms with van der Waals surface area (Å²) in [5.41, 5.74) is 6.74. The molecule has 0 aromatic carbocycles. The number of imidazole rings is 1. The monoisotopic (exact) mass is 267 g/mol. The second-order valence-corrected chi connectivity index (χ2v) is 4.28. The SMILES string of the molecule is CC(O)[C@@H](CO)OC(C)n1cnc2c(N)ncnc21. The molecule has 3 atom stereocenters. The molecule has 0 aliphatic heterocycles. The van der Waals surface area contributed by atoms with Crippen molar-refractivity contribution in [2.45, 2.75) is 32.3 Å². The Balaban J connectivity index is 2.27. The maximum atomic E-state index is 9.46. The van der Waals surface area contributed by atoms with Gasteiger partial charge in [0.2, 0.25) is 0 Å². The molecule has 0 aliphatic carbocycles. The van der Waals surface area contributed by atoms with E-state index in [0.717, 1.165) is 0 Å². The Bertz CT molecular complexity index is 556. The van der Waals surface area contributed by atoms with Gasteiger partial charge in [0.05, 0.1) is 19.0 Å². The predicted molar refractivity (Wildman–Crippen MR) is 68.1 cm³/mol. The van der Waals surface area contributed by atoms with E-state index in [1.54, 1.807) is 18.4 Å². The van der Waals surface area contributed by atoms with Gasteiger partial charge in [0.15, 0.2) is 11.5 Å². The van der Waals surface area contributed by atoms with E-state index in [9.17, 15) is 5.11 Å². The fourth-order valence-electron chi connectivity index (χ4n) is 1.76. The van der Waals surface area contributed by atoms with Crippen LogP contribution in [0.3, 0.4) is 0 Å². The molecule has 2 aromatic rings. The van der Waals surface area contributed by atoms with E-state index in [0.29, 0.717) is 17.0 Å². The molecule has 104 valence electrons. The fourth-order valence-corrected chi connectivity index (χ4v) is 1.76. The summed E-state index contributed by atoms with van der Waals surface area (Å²) >= 11 is 0. The standard InChI is InChI=1S/C11H17N5O3/c1-6(18)8(3-17)19-7(2)16-5-15-9-10(12)13-4-14-11(9)16/h4-8,17-18H,3H2,1-2H3,(H2,12,13,14)/t6?,7?,8-/m1/s1. The Hall–Kier alpha value is -1.77. The third kappa shape index (κ3) is 2.65. The number of hydrogen-bond acceptors (Lipinski definition) is 7. The minimum Gasteiger partial charge on any atom is -0.394 e. The van der Waals surface area contributed by atoms with E-state index in [1.807, 2.05) is 0 Å².